The van der Waals surface area contributed by atoms with Gasteiger partial charge >= 0.3 is 0 Å². The molecule has 1 N–H and O–H groups in total. The molecule has 27 heavy (non-hydrogen) atoms. The van der Waals surface area contributed by atoms with Crippen molar-refractivity contribution < 1.29 is 9.47 Å². The molecule has 1 atom stereocenters. The number of para-hydroxylation sites is 1. The van der Waals surface area contributed by atoms with Crippen molar-refractivity contribution in [3.63, 3.8) is 0 Å². The number of nitrogens with zero attached hydrogens (tertiary/aromatic N) is 1. The van der Waals surface area contributed by atoms with Crippen LogP contribution in [0.1, 0.15) is 42.0 Å². The number of rotatable bonds is 6. The van der Waals surface area contributed by atoms with Crippen molar-refractivity contribution in [2.45, 2.75) is 39.2 Å². The smallest absolute Gasteiger partial charge is 0.187 e. The first-order chi connectivity index (χ1) is 13.2. The zero-order chi connectivity index (χ0) is 18.6. The van der Waals surface area contributed by atoms with E-state index in [2.05, 4.69) is 12.2 Å². The SMILES string of the molecule is CCOC1CCCc2nc(Nc3ccc(Oc4ccccc4C)cc3)sc21. The van der Waals surface area contributed by atoms with Gasteiger partial charge < -0.3 is 14.8 Å². The third-order valence-electron chi connectivity index (χ3n) is 4.69. The van der Waals surface area contributed by atoms with Crippen LogP contribution in [0.25, 0.3) is 0 Å². The Hall–Kier alpha value is -2.37. The molecule has 1 aromatic heterocycles. The molecule has 1 aliphatic rings. The predicted molar refractivity (Wildman–Crippen MR) is 110 cm³/mol. The fourth-order valence-electron chi connectivity index (χ4n) is 3.32. The van der Waals surface area contributed by atoms with Crippen molar-refractivity contribution in [1.29, 1.82) is 0 Å². The Bertz CT molecular complexity index is 905. The highest BCUT2D eigenvalue weighted by atomic mass is 32.1. The van der Waals surface area contributed by atoms with Crippen LogP contribution in [0.2, 0.25) is 0 Å². The van der Waals surface area contributed by atoms with Crippen LogP contribution < -0.4 is 10.1 Å². The van der Waals surface area contributed by atoms with Crippen LogP contribution in [0.3, 0.4) is 0 Å². The molecule has 4 rings (SSSR count). The fourth-order valence-corrected chi connectivity index (χ4v) is 4.44. The Kier molecular flexibility index (Phi) is 5.41. The Morgan fingerprint density at radius 2 is 1.96 bits per heavy atom. The van der Waals surface area contributed by atoms with E-state index in [0.717, 1.165) is 53.8 Å². The molecular weight excluding hydrogens is 356 g/mol. The van der Waals surface area contributed by atoms with Gasteiger partial charge in [0.1, 0.15) is 11.5 Å². The molecule has 0 saturated heterocycles. The first kappa shape index (κ1) is 18.0. The molecule has 0 spiro atoms. The van der Waals surface area contributed by atoms with Gasteiger partial charge in [0.15, 0.2) is 5.13 Å². The van der Waals surface area contributed by atoms with Crippen LogP contribution >= 0.6 is 11.3 Å². The van der Waals surface area contributed by atoms with E-state index in [1.165, 1.54) is 10.6 Å². The van der Waals surface area contributed by atoms with Crippen molar-refractivity contribution in [2.75, 3.05) is 11.9 Å². The summed E-state index contributed by atoms with van der Waals surface area (Å²) in [6.45, 7) is 4.84. The number of benzene rings is 2. The monoisotopic (exact) mass is 380 g/mol. The molecule has 4 nitrogen and oxygen atoms in total. The summed E-state index contributed by atoms with van der Waals surface area (Å²) in [5, 5.41) is 4.35. The Balaban J connectivity index is 1.45. The van der Waals surface area contributed by atoms with Crippen LogP contribution in [0.4, 0.5) is 10.8 Å². The molecule has 0 fully saturated rings. The summed E-state index contributed by atoms with van der Waals surface area (Å²) in [6.07, 6.45) is 3.48. The average molecular weight is 381 g/mol. The molecule has 140 valence electrons. The van der Waals surface area contributed by atoms with E-state index >= 15 is 0 Å². The van der Waals surface area contributed by atoms with E-state index < -0.39 is 0 Å². The minimum atomic E-state index is 0.205. The van der Waals surface area contributed by atoms with Crippen molar-refractivity contribution in [1.82, 2.24) is 4.98 Å². The van der Waals surface area contributed by atoms with Crippen molar-refractivity contribution >= 4 is 22.2 Å². The van der Waals surface area contributed by atoms with Crippen molar-refractivity contribution in [2.24, 2.45) is 0 Å². The first-order valence-corrected chi connectivity index (χ1v) is 10.3. The molecule has 0 amide bonds. The summed E-state index contributed by atoms with van der Waals surface area (Å²) in [5.74, 6) is 1.71. The van der Waals surface area contributed by atoms with E-state index in [-0.39, 0.29) is 6.10 Å². The molecule has 0 aliphatic heterocycles. The minimum Gasteiger partial charge on any atom is -0.457 e. The zero-order valence-electron chi connectivity index (χ0n) is 15.7. The fraction of sp³-hybridized carbons (Fsp3) is 0.318. The van der Waals surface area contributed by atoms with E-state index in [9.17, 15) is 0 Å². The van der Waals surface area contributed by atoms with Crippen molar-refractivity contribution in [3.05, 3.63) is 64.7 Å². The molecule has 2 aromatic carbocycles. The Labute approximate surface area is 164 Å². The van der Waals surface area contributed by atoms with E-state index in [4.69, 9.17) is 14.5 Å². The average Bonchev–Trinajstić information content (AvgIpc) is 3.09. The molecule has 1 aliphatic carbocycles. The lowest BCUT2D eigenvalue weighted by atomic mass is 10.0. The van der Waals surface area contributed by atoms with Crippen LogP contribution in [0.15, 0.2) is 48.5 Å². The van der Waals surface area contributed by atoms with Gasteiger partial charge in [-0.1, -0.05) is 29.5 Å². The van der Waals surface area contributed by atoms with Gasteiger partial charge in [-0.15, -0.1) is 0 Å². The van der Waals surface area contributed by atoms with E-state index in [1.807, 2.05) is 55.5 Å². The minimum absolute atomic E-state index is 0.205. The third-order valence-corrected chi connectivity index (χ3v) is 5.80. The second-order valence-electron chi connectivity index (χ2n) is 6.68. The van der Waals surface area contributed by atoms with Gasteiger partial charge in [0.2, 0.25) is 0 Å². The summed E-state index contributed by atoms with van der Waals surface area (Å²) in [7, 11) is 0. The lowest BCUT2D eigenvalue weighted by Gasteiger charge is -2.20. The number of fused-ring (bicyclic) bond motifs is 1. The maximum absolute atomic E-state index is 5.96. The van der Waals surface area contributed by atoms with Crippen molar-refractivity contribution in [3.8, 4) is 11.5 Å². The topological polar surface area (TPSA) is 43.4 Å². The number of hydrogen-bond donors (Lipinski definition) is 1. The summed E-state index contributed by atoms with van der Waals surface area (Å²) in [4.78, 5) is 6.06. The van der Waals surface area contributed by atoms with E-state index in [1.54, 1.807) is 11.3 Å². The quantitative estimate of drug-likeness (QED) is 0.537. The highest BCUT2D eigenvalue weighted by Gasteiger charge is 2.25. The van der Waals surface area contributed by atoms with Gasteiger partial charge in [-0.3, -0.25) is 0 Å². The van der Waals surface area contributed by atoms with Gasteiger partial charge in [0.05, 0.1) is 16.7 Å². The molecule has 5 heteroatoms. The molecule has 3 aromatic rings. The molecule has 0 radical (unpaired) electrons. The normalized spacial score (nSPS) is 16.0. The second-order valence-corrected chi connectivity index (χ2v) is 7.71. The summed E-state index contributed by atoms with van der Waals surface area (Å²) in [5.41, 5.74) is 3.31. The number of thiazole rings is 1. The third kappa shape index (κ3) is 4.15. The van der Waals surface area contributed by atoms with Gasteiger partial charge in [0.25, 0.3) is 0 Å². The van der Waals surface area contributed by atoms with Crippen LogP contribution in [0.5, 0.6) is 11.5 Å². The van der Waals surface area contributed by atoms with E-state index in [0.29, 0.717) is 0 Å². The van der Waals surface area contributed by atoms with Crippen LogP contribution in [-0.2, 0) is 11.2 Å². The Morgan fingerprint density at radius 3 is 2.74 bits per heavy atom. The molecule has 0 bridgehead atoms. The number of nitrogens with one attached hydrogen (secondary N) is 1. The lowest BCUT2D eigenvalue weighted by Crippen LogP contribution is -2.10. The molecule has 1 heterocycles. The number of ether oxygens (including phenoxy) is 2. The maximum atomic E-state index is 5.96. The van der Waals surface area contributed by atoms with Gasteiger partial charge in [-0.25, -0.2) is 4.98 Å². The molecular formula is C22H24N2O2S. The van der Waals surface area contributed by atoms with Gasteiger partial charge in [-0.05, 0) is 69.0 Å². The summed E-state index contributed by atoms with van der Waals surface area (Å²) < 4.78 is 11.8. The number of aryl methyl sites for hydroxylation is 2. The standard InChI is InChI=1S/C22H24N2O2S/c1-3-25-20-10-6-8-18-21(20)27-22(24-18)23-16-11-13-17(14-12-16)26-19-9-5-4-7-15(19)2/h4-5,7,9,11-14,20H,3,6,8,10H2,1-2H3,(H,23,24). The largest absolute Gasteiger partial charge is 0.457 e. The highest BCUT2D eigenvalue weighted by Crippen LogP contribution is 2.39. The second kappa shape index (κ2) is 8.11. The predicted octanol–water partition coefficient (Wildman–Crippen LogP) is 6.40. The highest BCUT2D eigenvalue weighted by molar-refractivity contribution is 7.15. The molecule has 1 unspecified atom stereocenters. The zero-order valence-corrected chi connectivity index (χ0v) is 16.5. The molecule has 0 saturated carbocycles. The number of aromatic nitrogens is 1. The maximum Gasteiger partial charge on any atom is 0.187 e. The van der Waals surface area contributed by atoms with Gasteiger partial charge in [0, 0.05) is 12.3 Å². The summed E-state index contributed by atoms with van der Waals surface area (Å²) in [6, 6.07) is 16.0. The Morgan fingerprint density at radius 1 is 1.15 bits per heavy atom. The first-order valence-electron chi connectivity index (χ1n) is 9.44. The number of anilines is 2. The van der Waals surface area contributed by atoms with Crippen LogP contribution in [0, 0.1) is 6.92 Å². The summed E-state index contributed by atoms with van der Waals surface area (Å²) >= 11 is 1.71. The van der Waals surface area contributed by atoms with Crippen LogP contribution in [-0.4, -0.2) is 11.6 Å². The lowest BCUT2D eigenvalue weighted by molar-refractivity contribution is 0.0524. The number of hydrogen-bond acceptors (Lipinski definition) is 5. The van der Waals surface area contributed by atoms with Gasteiger partial charge in [-0.2, -0.15) is 0 Å².